The molecule has 0 bridgehead atoms. The third-order valence-corrected chi connectivity index (χ3v) is 6.21. The van der Waals surface area contributed by atoms with Crippen LogP contribution in [0, 0.1) is 0 Å². The topological polar surface area (TPSA) is 119 Å². The van der Waals surface area contributed by atoms with Crippen molar-refractivity contribution in [1.29, 1.82) is 0 Å². The Labute approximate surface area is 252 Å². The summed E-state index contributed by atoms with van der Waals surface area (Å²) in [6.07, 6.45) is -0.0487. The number of hydrogen-bond acceptors (Lipinski definition) is 9. The summed E-state index contributed by atoms with van der Waals surface area (Å²) in [6, 6.07) is 17.9. The molecule has 0 fully saturated rings. The normalized spacial score (nSPS) is 11.5. The number of Topliss-reactive ketones (excluding diaryl/α,β-unsaturated/α-hetero) is 1. The van der Waals surface area contributed by atoms with Crippen LogP contribution in [0.1, 0.15) is 52.6 Å². The van der Waals surface area contributed by atoms with Gasteiger partial charge in [0.15, 0.2) is 5.78 Å². The molecule has 0 spiro atoms. The average Bonchev–Trinajstić information content (AvgIpc) is 3.36. The number of fused-ring (bicyclic) bond motifs is 1. The van der Waals surface area contributed by atoms with E-state index >= 15 is 0 Å². The number of carboxylic acids is 1. The summed E-state index contributed by atoms with van der Waals surface area (Å²) in [7, 11) is 0. The second kappa shape index (κ2) is 13.6. The van der Waals surface area contributed by atoms with E-state index < -0.39 is 17.7 Å². The number of carbonyl (C=O) groups excluding carboxylic acids is 3. The van der Waals surface area contributed by atoms with Crippen molar-refractivity contribution in [3.8, 4) is 5.75 Å². The minimum absolute atomic E-state index is 0. The first-order valence-electron chi connectivity index (χ1n) is 12.0. The first-order valence-corrected chi connectivity index (χ1v) is 12.7. The second-order valence-corrected chi connectivity index (χ2v) is 9.25. The summed E-state index contributed by atoms with van der Waals surface area (Å²) in [5.41, 5.74) is 2.53. The number of carbonyl (C=O) groups is 3. The standard InChI is InChI=1S/C29H26N2O6S.Na/c1-4-36-29(35)20-7-5-18(6-8-20)15-23(27(32)19-9-12-22(13-10-19)37-17(2)3)26(28(33)34)21-11-14-24-25(16-21)31-38-30-24;/h5-14,16-17H,4,15H2,1-3H3,(H,33,34);/q;+1/p-1. The first-order chi connectivity index (χ1) is 18.3. The van der Waals surface area contributed by atoms with Crippen LogP contribution in [0.5, 0.6) is 5.75 Å². The van der Waals surface area contributed by atoms with E-state index in [0.717, 1.165) is 11.7 Å². The van der Waals surface area contributed by atoms with Gasteiger partial charge in [-0.25, -0.2) is 4.79 Å². The number of allylic oxidation sites excluding steroid dienone is 1. The van der Waals surface area contributed by atoms with Crippen LogP contribution < -0.4 is 39.4 Å². The zero-order valence-electron chi connectivity index (χ0n) is 22.1. The Morgan fingerprint density at radius 2 is 1.49 bits per heavy atom. The van der Waals surface area contributed by atoms with Gasteiger partial charge in [0.1, 0.15) is 16.8 Å². The molecule has 39 heavy (non-hydrogen) atoms. The molecule has 0 N–H and O–H groups in total. The summed E-state index contributed by atoms with van der Waals surface area (Å²) in [6.45, 7) is 5.76. The predicted molar refractivity (Wildman–Crippen MR) is 142 cm³/mol. The minimum atomic E-state index is -1.49. The summed E-state index contributed by atoms with van der Waals surface area (Å²) in [5.74, 6) is -1.82. The minimum Gasteiger partial charge on any atom is -0.545 e. The van der Waals surface area contributed by atoms with E-state index in [9.17, 15) is 19.5 Å². The van der Waals surface area contributed by atoms with Crippen molar-refractivity contribution in [2.24, 2.45) is 0 Å². The molecule has 0 saturated carbocycles. The van der Waals surface area contributed by atoms with Crippen LogP contribution in [0.4, 0.5) is 0 Å². The van der Waals surface area contributed by atoms with Crippen LogP contribution in [0.3, 0.4) is 0 Å². The van der Waals surface area contributed by atoms with Gasteiger partial charge in [0, 0.05) is 23.1 Å². The van der Waals surface area contributed by atoms with Gasteiger partial charge >= 0.3 is 35.5 Å². The molecule has 0 aliphatic heterocycles. The molecule has 0 atom stereocenters. The number of benzene rings is 3. The molecule has 8 nitrogen and oxygen atoms in total. The quantitative estimate of drug-likeness (QED) is 0.125. The number of carboxylic acid groups (broad SMARTS) is 1. The molecule has 0 aliphatic rings. The Kier molecular flexibility index (Phi) is 10.5. The summed E-state index contributed by atoms with van der Waals surface area (Å²) < 4.78 is 19.0. The molecule has 10 heteroatoms. The molecule has 4 rings (SSSR count). The van der Waals surface area contributed by atoms with Gasteiger partial charge in [-0.05, 0) is 80.4 Å². The van der Waals surface area contributed by atoms with Crippen molar-refractivity contribution in [2.45, 2.75) is 33.3 Å². The van der Waals surface area contributed by atoms with Crippen molar-refractivity contribution in [1.82, 2.24) is 8.75 Å². The van der Waals surface area contributed by atoms with Crippen LogP contribution in [-0.4, -0.2) is 39.2 Å². The van der Waals surface area contributed by atoms with Gasteiger partial charge in [0.2, 0.25) is 0 Å². The van der Waals surface area contributed by atoms with Gasteiger partial charge in [0.25, 0.3) is 0 Å². The SMILES string of the molecule is CCOC(=O)c1ccc(CC(C(=O)c2ccc(OC(C)C)cc2)=C(C(=O)[O-])c2ccc3nsnc3c2)cc1.[Na+]. The van der Waals surface area contributed by atoms with Gasteiger partial charge in [-0.3, -0.25) is 4.79 Å². The fourth-order valence-electron chi connectivity index (χ4n) is 3.94. The van der Waals surface area contributed by atoms with E-state index in [1.165, 1.54) is 0 Å². The number of nitrogens with zero attached hydrogens (tertiary/aromatic N) is 2. The molecule has 0 unspecified atom stereocenters. The molecule has 0 saturated heterocycles. The van der Waals surface area contributed by atoms with E-state index in [2.05, 4.69) is 8.75 Å². The van der Waals surface area contributed by atoms with E-state index in [1.807, 2.05) is 13.8 Å². The van der Waals surface area contributed by atoms with Crippen molar-refractivity contribution in [3.05, 3.63) is 94.6 Å². The molecule has 1 heterocycles. The predicted octanol–water partition coefficient (Wildman–Crippen LogP) is 1.29. The smallest absolute Gasteiger partial charge is 0.545 e. The van der Waals surface area contributed by atoms with Gasteiger partial charge in [-0.2, -0.15) is 8.75 Å². The van der Waals surface area contributed by atoms with Gasteiger partial charge in [-0.15, -0.1) is 0 Å². The Morgan fingerprint density at radius 3 is 2.10 bits per heavy atom. The number of aliphatic carboxylic acids is 1. The summed E-state index contributed by atoms with van der Waals surface area (Å²) in [4.78, 5) is 38.3. The fraction of sp³-hybridized carbons (Fsp3) is 0.207. The van der Waals surface area contributed by atoms with Crippen molar-refractivity contribution in [3.63, 3.8) is 0 Å². The van der Waals surface area contributed by atoms with Crippen molar-refractivity contribution in [2.75, 3.05) is 6.61 Å². The summed E-state index contributed by atoms with van der Waals surface area (Å²) in [5, 5.41) is 12.5. The maximum absolute atomic E-state index is 13.8. The average molecular weight is 553 g/mol. The van der Waals surface area contributed by atoms with Crippen LogP contribution in [0.25, 0.3) is 16.6 Å². The molecule has 194 valence electrons. The van der Waals surface area contributed by atoms with E-state index in [4.69, 9.17) is 9.47 Å². The maximum atomic E-state index is 13.8. The van der Waals surface area contributed by atoms with Crippen LogP contribution in [-0.2, 0) is 16.0 Å². The monoisotopic (exact) mass is 552 g/mol. The zero-order valence-corrected chi connectivity index (χ0v) is 24.9. The number of ketones is 1. The number of aromatic nitrogens is 2. The Bertz CT molecular complexity index is 1510. The molecule has 0 amide bonds. The van der Waals surface area contributed by atoms with Crippen LogP contribution in [0.2, 0.25) is 0 Å². The molecule has 0 radical (unpaired) electrons. The fourth-order valence-corrected chi connectivity index (χ4v) is 4.46. The largest absolute Gasteiger partial charge is 1.00 e. The van der Waals surface area contributed by atoms with Crippen LogP contribution >= 0.6 is 11.7 Å². The van der Waals surface area contributed by atoms with E-state index in [-0.39, 0.29) is 65.4 Å². The van der Waals surface area contributed by atoms with Crippen LogP contribution in [0.15, 0.2) is 72.3 Å². The molecular formula is C29H25N2NaO6S. The molecule has 0 aliphatic carbocycles. The third kappa shape index (κ3) is 7.39. The molecule has 1 aromatic heterocycles. The number of esters is 1. The zero-order chi connectivity index (χ0) is 27.2. The Morgan fingerprint density at radius 1 is 0.872 bits per heavy atom. The van der Waals surface area contributed by atoms with Crippen molar-refractivity contribution >= 4 is 46.1 Å². The van der Waals surface area contributed by atoms with E-state index in [0.29, 0.717) is 33.5 Å². The molecule has 4 aromatic rings. The number of hydrogen-bond donors (Lipinski definition) is 0. The summed E-state index contributed by atoms with van der Waals surface area (Å²) >= 11 is 1.01. The van der Waals surface area contributed by atoms with Gasteiger partial charge in [-0.1, -0.05) is 18.2 Å². The molecular weight excluding hydrogens is 527 g/mol. The number of ether oxygens (including phenoxy) is 2. The Balaban J connectivity index is 0.00000420. The van der Waals surface area contributed by atoms with Crippen molar-refractivity contribution < 1.29 is 58.5 Å². The van der Waals surface area contributed by atoms with E-state index in [1.54, 1.807) is 73.7 Å². The number of rotatable bonds is 10. The maximum Gasteiger partial charge on any atom is 1.00 e. The molecule has 3 aromatic carbocycles. The Hall–Kier alpha value is -3.37. The van der Waals surface area contributed by atoms with Gasteiger partial charge in [0.05, 0.1) is 36.0 Å². The van der Waals surface area contributed by atoms with Gasteiger partial charge < -0.3 is 19.4 Å². The first kappa shape index (κ1) is 30.2. The second-order valence-electron chi connectivity index (χ2n) is 8.72. The third-order valence-electron chi connectivity index (χ3n) is 5.66.